The van der Waals surface area contributed by atoms with Crippen LogP contribution in [-0.2, 0) is 13.0 Å². The van der Waals surface area contributed by atoms with Crippen molar-refractivity contribution in [3.8, 4) is 0 Å². The van der Waals surface area contributed by atoms with Crippen LogP contribution in [0.5, 0.6) is 0 Å². The lowest BCUT2D eigenvalue weighted by Gasteiger charge is -2.01. The van der Waals surface area contributed by atoms with Crippen molar-refractivity contribution in [1.29, 1.82) is 0 Å². The molecule has 4 N–H and O–H groups in total. The highest BCUT2D eigenvalue weighted by Crippen LogP contribution is 2.05. The van der Waals surface area contributed by atoms with Crippen LogP contribution in [0.3, 0.4) is 0 Å². The third-order valence-electron chi connectivity index (χ3n) is 1.48. The van der Waals surface area contributed by atoms with Crippen LogP contribution in [0.4, 0.5) is 5.82 Å². The molecule has 0 saturated carbocycles. The van der Waals surface area contributed by atoms with Gasteiger partial charge in [-0.3, -0.25) is 0 Å². The normalized spacial score (nSPS) is 8.46. The van der Waals surface area contributed by atoms with Gasteiger partial charge in [-0.15, -0.1) is 24.8 Å². The number of aromatic nitrogens is 2. The number of anilines is 1. The molecule has 6 heteroatoms. The lowest BCUT2D eigenvalue weighted by molar-refractivity contribution is 0.914. The third-order valence-corrected chi connectivity index (χ3v) is 1.48. The molecular weight excluding hydrogens is 211 g/mol. The second kappa shape index (κ2) is 6.88. The first-order chi connectivity index (χ1) is 5.27. The van der Waals surface area contributed by atoms with E-state index in [0.717, 1.165) is 17.8 Å². The Morgan fingerprint density at radius 3 is 2.38 bits per heavy atom. The zero-order valence-electron chi connectivity index (χ0n) is 7.36. The molecule has 0 atom stereocenters. The summed E-state index contributed by atoms with van der Waals surface area (Å²) in [4.78, 5) is 8.11. The molecule has 0 saturated heterocycles. The molecule has 13 heavy (non-hydrogen) atoms. The Labute approximate surface area is 90.0 Å². The molecule has 1 heterocycles. The van der Waals surface area contributed by atoms with Crippen molar-refractivity contribution in [3.05, 3.63) is 17.6 Å². The van der Waals surface area contributed by atoms with Crippen molar-refractivity contribution < 1.29 is 0 Å². The minimum atomic E-state index is 0. The van der Waals surface area contributed by atoms with Crippen LogP contribution in [0.15, 0.2) is 6.20 Å². The standard InChI is InChI=1S/C7H12N4.2ClH/c1-2-6-10-4-5(3-8)7(9)11-6;;/h4H,2-3,8H2,1H3,(H2,9,10,11);2*1H. The molecule has 0 aliphatic heterocycles. The zero-order valence-corrected chi connectivity index (χ0v) is 8.99. The van der Waals surface area contributed by atoms with E-state index < -0.39 is 0 Å². The first kappa shape index (κ1) is 14.9. The first-order valence-corrected chi connectivity index (χ1v) is 3.58. The maximum atomic E-state index is 5.58. The van der Waals surface area contributed by atoms with E-state index in [1.165, 1.54) is 0 Å². The average molecular weight is 225 g/mol. The van der Waals surface area contributed by atoms with E-state index in [9.17, 15) is 0 Å². The van der Waals surface area contributed by atoms with Gasteiger partial charge in [-0.1, -0.05) is 6.92 Å². The van der Waals surface area contributed by atoms with Crippen LogP contribution in [-0.4, -0.2) is 9.97 Å². The number of nitrogens with zero attached hydrogens (tertiary/aromatic N) is 2. The maximum absolute atomic E-state index is 5.58. The van der Waals surface area contributed by atoms with Gasteiger partial charge in [0.2, 0.25) is 0 Å². The molecule has 0 radical (unpaired) electrons. The third kappa shape index (κ3) is 3.76. The quantitative estimate of drug-likeness (QED) is 0.784. The van der Waals surface area contributed by atoms with E-state index in [1.54, 1.807) is 6.20 Å². The largest absolute Gasteiger partial charge is 0.383 e. The number of aryl methyl sites for hydroxylation is 1. The summed E-state index contributed by atoms with van der Waals surface area (Å²) in [7, 11) is 0. The lowest BCUT2D eigenvalue weighted by Crippen LogP contribution is -2.06. The number of rotatable bonds is 2. The fourth-order valence-electron chi connectivity index (χ4n) is 0.786. The van der Waals surface area contributed by atoms with E-state index in [1.807, 2.05) is 6.92 Å². The van der Waals surface area contributed by atoms with Gasteiger partial charge in [-0.05, 0) is 0 Å². The van der Waals surface area contributed by atoms with E-state index in [2.05, 4.69) is 9.97 Å². The molecule has 1 aromatic rings. The van der Waals surface area contributed by atoms with Crippen LogP contribution < -0.4 is 11.5 Å². The second-order valence-electron chi connectivity index (χ2n) is 2.25. The van der Waals surface area contributed by atoms with Gasteiger partial charge in [-0.25, -0.2) is 9.97 Å². The van der Waals surface area contributed by atoms with E-state index in [-0.39, 0.29) is 24.8 Å². The van der Waals surface area contributed by atoms with Gasteiger partial charge in [-0.2, -0.15) is 0 Å². The van der Waals surface area contributed by atoms with Gasteiger partial charge in [0.15, 0.2) is 0 Å². The Balaban J connectivity index is 0. The summed E-state index contributed by atoms with van der Waals surface area (Å²) in [5, 5.41) is 0. The fraction of sp³-hybridized carbons (Fsp3) is 0.429. The van der Waals surface area contributed by atoms with Crippen molar-refractivity contribution in [1.82, 2.24) is 9.97 Å². The van der Waals surface area contributed by atoms with E-state index >= 15 is 0 Å². The predicted molar refractivity (Wildman–Crippen MR) is 58.2 cm³/mol. The number of nitrogen functional groups attached to an aromatic ring is 1. The van der Waals surface area contributed by atoms with Crippen molar-refractivity contribution in [2.45, 2.75) is 19.9 Å². The van der Waals surface area contributed by atoms with Gasteiger partial charge in [0.1, 0.15) is 11.6 Å². The monoisotopic (exact) mass is 224 g/mol. The van der Waals surface area contributed by atoms with Crippen LogP contribution in [0.25, 0.3) is 0 Å². The number of nitrogens with two attached hydrogens (primary N) is 2. The van der Waals surface area contributed by atoms with Crippen LogP contribution in [0, 0.1) is 0 Å². The Morgan fingerprint density at radius 1 is 1.38 bits per heavy atom. The Morgan fingerprint density at radius 2 is 2.00 bits per heavy atom. The Kier molecular flexibility index (Phi) is 7.90. The van der Waals surface area contributed by atoms with Crippen LogP contribution in [0.2, 0.25) is 0 Å². The smallest absolute Gasteiger partial charge is 0.131 e. The highest BCUT2D eigenvalue weighted by atomic mass is 35.5. The van der Waals surface area contributed by atoms with Crippen molar-refractivity contribution in [2.24, 2.45) is 5.73 Å². The summed E-state index contributed by atoms with van der Waals surface area (Å²) in [6.45, 7) is 2.38. The molecule has 0 bridgehead atoms. The number of halogens is 2. The molecule has 76 valence electrons. The molecule has 0 aromatic carbocycles. The summed E-state index contributed by atoms with van der Waals surface area (Å²) in [5.74, 6) is 1.26. The molecule has 0 spiro atoms. The molecule has 0 fully saturated rings. The van der Waals surface area contributed by atoms with Crippen molar-refractivity contribution >= 4 is 30.6 Å². The zero-order chi connectivity index (χ0) is 8.27. The summed E-state index contributed by atoms with van der Waals surface area (Å²) in [6, 6.07) is 0. The molecular formula is C7H14Cl2N4. The van der Waals surface area contributed by atoms with Gasteiger partial charge in [0.25, 0.3) is 0 Å². The minimum Gasteiger partial charge on any atom is -0.383 e. The van der Waals surface area contributed by atoms with Gasteiger partial charge in [0.05, 0.1) is 0 Å². The minimum absolute atomic E-state index is 0. The fourth-order valence-corrected chi connectivity index (χ4v) is 0.786. The van der Waals surface area contributed by atoms with Gasteiger partial charge >= 0.3 is 0 Å². The number of hydrogen-bond acceptors (Lipinski definition) is 4. The molecule has 0 aliphatic carbocycles. The summed E-state index contributed by atoms with van der Waals surface area (Å²) >= 11 is 0. The molecule has 1 rings (SSSR count). The van der Waals surface area contributed by atoms with Crippen molar-refractivity contribution in [2.75, 3.05) is 5.73 Å². The molecule has 0 amide bonds. The molecule has 1 aromatic heterocycles. The molecule has 0 aliphatic rings. The lowest BCUT2D eigenvalue weighted by atomic mass is 10.3. The topological polar surface area (TPSA) is 77.8 Å². The maximum Gasteiger partial charge on any atom is 0.131 e. The highest BCUT2D eigenvalue weighted by molar-refractivity contribution is 5.85. The Hall–Kier alpha value is -0.580. The predicted octanol–water partition coefficient (Wildman–Crippen LogP) is 0.923. The highest BCUT2D eigenvalue weighted by Gasteiger charge is 1.99. The second-order valence-corrected chi connectivity index (χ2v) is 2.25. The van der Waals surface area contributed by atoms with E-state index in [4.69, 9.17) is 11.5 Å². The van der Waals surface area contributed by atoms with Crippen molar-refractivity contribution in [3.63, 3.8) is 0 Å². The van der Waals surface area contributed by atoms with Crippen LogP contribution in [0.1, 0.15) is 18.3 Å². The summed E-state index contributed by atoms with van der Waals surface area (Å²) < 4.78 is 0. The first-order valence-electron chi connectivity index (χ1n) is 3.58. The van der Waals surface area contributed by atoms with Gasteiger partial charge in [0, 0.05) is 24.7 Å². The molecule has 4 nitrogen and oxygen atoms in total. The Bertz CT molecular complexity index is 254. The SMILES string of the molecule is CCc1ncc(CN)c(N)n1.Cl.Cl. The number of hydrogen-bond donors (Lipinski definition) is 2. The average Bonchev–Trinajstić information content (AvgIpc) is 2.04. The van der Waals surface area contributed by atoms with E-state index in [0.29, 0.717) is 12.4 Å². The summed E-state index contributed by atoms with van der Waals surface area (Å²) in [6.07, 6.45) is 2.48. The summed E-state index contributed by atoms with van der Waals surface area (Å²) in [5.41, 5.74) is 11.8. The molecule has 0 unspecified atom stereocenters. The van der Waals surface area contributed by atoms with Crippen LogP contribution >= 0.6 is 24.8 Å². The van der Waals surface area contributed by atoms with Gasteiger partial charge < -0.3 is 11.5 Å².